The number of anilines is 1. The molecule has 4 unspecified atom stereocenters. The van der Waals surface area contributed by atoms with Crippen molar-refractivity contribution in [3.05, 3.63) is 63.7 Å². The fraction of sp³-hybridized carbons (Fsp3) is 0.625. The van der Waals surface area contributed by atoms with Gasteiger partial charge < -0.3 is 5.32 Å². The summed E-state index contributed by atoms with van der Waals surface area (Å²) in [6.45, 7) is 27.0. The zero-order valence-corrected chi connectivity index (χ0v) is 23.2. The molecule has 1 nitrogen and oxygen atoms in total. The largest absolute Gasteiger partial charge is 0.378 e. The van der Waals surface area contributed by atoms with Gasteiger partial charge in [-0.15, -0.1) is 0 Å². The Morgan fingerprint density at radius 1 is 0.879 bits per heavy atom. The third-order valence-electron chi connectivity index (χ3n) is 11.0. The Hall–Kier alpha value is -1.76. The fourth-order valence-corrected chi connectivity index (χ4v) is 7.70. The average Bonchev–Trinajstić information content (AvgIpc) is 2.86. The fourth-order valence-electron chi connectivity index (χ4n) is 7.70. The van der Waals surface area contributed by atoms with Gasteiger partial charge in [-0.3, -0.25) is 0 Å². The van der Waals surface area contributed by atoms with Crippen molar-refractivity contribution in [2.45, 2.75) is 118 Å². The molecule has 0 radical (unpaired) electrons. The molecule has 2 aromatic rings. The number of hydrogen-bond acceptors (Lipinski definition) is 1. The first-order chi connectivity index (χ1) is 15.3. The summed E-state index contributed by atoms with van der Waals surface area (Å²) < 4.78 is 0. The van der Waals surface area contributed by atoms with E-state index < -0.39 is 0 Å². The van der Waals surface area contributed by atoms with Crippen molar-refractivity contribution in [2.24, 2.45) is 11.3 Å². The molecule has 2 bridgehead atoms. The van der Waals surface area contributed by atoms with Crippen LogP contribution in [0.15, 0.2) is 30.3 Å². The molecule has 4 atom stereocenters. The number of rotatable bonds is 2. The van der Waals surface area contributed by atoms with Gasteiger partial charge >= 0.3 is 0 Å². The summed E-state index contributed by atoms with van der Waals surface area (Å²) in [6.07, 6.45) is 3.59. The molecule has 0 aromatic heterocycles. The molecule has 1 heteroatoms. The number of aryl methyl sites for hydroxylation is 2. The smallest absolute Gasteiger partial charge is 0.0491 e. The SMILES string of the molecule is CCC1CC(C)(CC)c2cccc(C)c2C(C)Nc2cc3c(cc2C)C(C)(C)C(C)(C)C31C. The lowest BCUT2D eigenvalue weighted by atomic mass is 9.51. The summed E-state index contributed by atoms with van der Waals surface area (Å²) in [7, 11) is 0. The van der Waals surface area contributed by atoms with E-state index in [-0.39, 0.29) is 27.7 Å². The van der Waals surface area contributed by atoms with Crippen LogP contribution in [0.5, 0.6) is 0 Å². The van der Waals surface area contributed by atoms with Gasteiger partial charge in [-0.25, -0.2) is 0 Å². The van der Waals surface area contributed by atoms with Gasteiger partial charge in [-0.05, 0) is 95.2 Å². The highest BCUT2D eigenvalue weighted by Gasteiger charge is 2.62. The second kappa shape index (κ2) is 7.62. The Morgan fingerprint density at radius 3 is 2.15 bits per heavy atom. The highest BCUT2D eigenvalue weighted by atomic mass is 14.9. The summed E-state index contributed by atoms with van der Waals surface area (Å²) in [4.78, 5) is 0. The van der Waals surface area contributed by atoms with E-state index in [1.165, 1.54) is 35.2 Å². The van der Waals surface area contributed by atoms with Gasteiger partial charge in [0.15, 0.2) is 0 Å². The van der Waals surface area contributed by atoms with E-state index in [9.17, 15) is 0 Å². The van der Waals surface area contributed by atoms with E-state index in [0.29, 0.717) is 5.92 Å². The Kier molecular flexibility index (Phi) is 5.63. The maximum Gasteiger partial charge on any atom is 0.0491 e. The maximum absolute atomic E-state index is 3.99. The lowest BCUT2D eigenvalue weighted by Gasteiger charge is -2.52. The predicted molar refractivity (Wildman–Crippen MR) is 145 cm³/mol. The second-order valence-corrected chi connectivity index (χ2v) is 12.8. The molecule has 1 aliphatic carbocycles. The summed E-state index contributed by atoms with van der Waals surface area (Å²) in [5.41, 5.74) is 10.8. The Balaban J connectivity index is 2.09. The minimum absolute atomic E-state index is 0.110. The molecule has 0 amide bonds. The molecule has 1 N–H and O–H groups in total. The van der Waals surface area contributed by atoms with Crippen molar-refractivity contribution in [3.8, 4) is 0 Å². The molecule has 0 spiro atoms. The summed E-state index contributed by atoms with van der Waals surface area (Å²) >= 11 is 0. The summed E-state index contributed by atoms with van der Waals surface area (Å²) in [6, 6.07) is 12.3. The highest BCUT2D eigenvalue weighted by molar-refractivity contribution is 5.63. The molecule has 0 fully saturated rings. The first-order valence-corrected chi connectivity index (χ1v) is 13.3. The molecule has 2 aromatic carbocycles. The van der Waals surface area contributed by atoms with E-state index in [2.05, 4.69) is 112 Å². The van der Waals surface area contributed by atoms with Gasteiger partial charge in [0.05, 0.1) is 0 Å². The number of nitrogens with one attached hydrogen (secondary N) is 1. The third kappa shape index (κ3) is 3.10. The van der Waals surface area contributed by atoms with Crippen molar-refractivity contribution in [3.63, 3.8) is 0 Å². The van der Waals surface area contributed by atoms with Gasteiger partial charge in [-0.2, -0.15) is 0 Å². The summed E-state index contributed by atoms with van der Waals surface area (Å²) in [5.74, 6) is 0.607. The molecular weight excluding hydrogens is 398 g/mol. The molecule has 1 aliphatic heterocycles. The molecule has 2 aliphatic rings. The summed E-state index contributed by atoms with van der Waals surface area (Å²) in [5, 5.41) is 3.99. The van der Waals surface area contributed by atoms with Crippen LogP contribution in [0, 0.1) is 25.2 Å². The lowest BCUT2D eigenvalue weighted by Crippen LogP contribution is -2.50. The van der Waals surface area contributed by atoms with Crippen LogP contribution in [0.3, 0.4) is 0 Å². The Bertz CT molecular complexity index is 1070. The van der Waals surface area contributed by atoms with E-state index in [1.54, 1.807) is 16.7 Å². The average molecular weight is 446 g/mol. The van der Waals surface area contributed by atoms with E-state index in [4.69, 9.17) is 0 Å². The predicted octanol–water partition coefficient (Wildman–Crippen LogP) is 9.15. The van der Waals surface area contributed by atoms with Crippen molar-refractivity contribution < 1.29 is 0 Å². The molecule has 0 saturated heterocycles. The van der Waals surface area contributed by atoms with Crippen molar-refractivity contribution in [1.29, 1.82) is 0 Å². The van der Waals surface area contributed by atoms with E-state index in [1.807, 2.05) is 0 Å². The van der Waals surface area contributed by atoms with Gasteiger partial charge in [0.25, 0.3) is 0 Å². The van der Waals surface area contributed by atoms with Gasteiger partial charge in [0, 0.05) is 17.1 Å². The Labute approximate surface area is 203 Å². The van der Waals surface area contributed by atoms with Crippen LogP contribution < -0.4 is 5.32 Å². The third-order valence-corrected chi connectivity index (χ3v) is 11.0. The Morgan fingerprint density at radius 2 is 1.55 bits per heavy atom. The van der Waals surface area contributed by atoms with Crippen LogP contribution in [-0.4, -0.2) is 0 Å². The second-order valence-electron chi connectivity index (χ2n) is 12.8. The van der Waals surface area contributed by atoms with Gasteiger partial charge in [0.2, 0.25) is 0 Å². The van der Waals surface area contributed by atoms with Crippen LogP contribution >= 0.6 is 0 Å². The van der Waals surface area contributed by atoms with E-state index >= 15 is 0 Å². The van der Waals surface area contributed by atoms with Crippen LogP contribution in [0.2, 0.25) is 0 Å². The zero-order chi connectivity index (χ0) is 24.6. The molecule has 1 heterocycles. The molecule has 0 saturated carbocycles. The lowest BCUT2D eigenvalue weighted by molar-refractivity contribution is 0.0447. The standard InChI is InChI=1S/C32H47N/c1-12-23-19-31(10,13-2)24-16-14-15-20(3)28(24)22(5)33-27-18-26-25(17-21(27)4)29(6,7)30(8,9)32(23,26)11/h14-18,22-23,33H,12-13,19H2,1-11H3. The number of fused-ring (bicyclic) bond motifs is 2. The maximum atomic E-state index is 3.99. The van der Waals surface area contributed by atoms with Crippen molar-refractivity contribution in [2.75, 3.05) is 5.32 Å². The number of hydrogen-bond donors (Lipinski definition) is 1. The van der Waals surface area contributed by atoms with Crippen LogP contribution in [-0.2, 0) is 16.2 Å². The molecule has 4 rings (SSSR count). The topological polar surface area (TPSA) is 12.0 Å². The zero-order valence-electron chi connectivity index (χ0n) is 23.2. The molecular formula is C32H47N. The van der Waals surface area contributed by atoms with Gasteiger partial charge in [0.1, 0.15) is 0 Å². The number of benzene rings is 2. The molecule has 180 valence electrons. The highest BCUT2D eigenvalue weighted by Crippen LogP contribution is 2.66. The van der Waals surface area contributed by atoms with Gasteiger partial charge in [-0.1, -0.05) is 86.1 Å². The van der Waals surface area contributed by atoms with Crippen LogP contribution in [0.1, 0.15) is 121 Å². The quantitative estimate of drug-likeness (QED) is 0.486. The normalized spacial score (nSPS) is 32.0. The van der Waals surface area contributed by atoms with E-state index in [0.717, 1.165) is 6.42 Å². The van der Waals surface area contributed by atoms with Crippen molar-refractivity contribution >= 4 is 5.69 Å². The molecule has 33 heavy (non-hydrogen) atoms. The monoisotopic (exact) mass is 445 g/mol. The minimum Gasteiger partial charge on any atom is -0.378 e. The minimum atomic E-state index is 0.110. The first kappa shape index (κ1) is 24.4. The van der Waals surface area contributed by atoms with Crippen molar-refractivity contribution in [1.82, 2.24) is 0 Å². The van der Waals surface area contributed by atoms with Crippen LogP contribution in [0.4, 0.5) is 5.69 Å². The first-order valence-electron chi connectivity index (χ1n) is 13.3. The van der Waals surface area contributed by atoms with Crippen LogP contribution in [0.25, 0.3) is 0 Å².